The van der Waals surface area contributed by atoms with Crippen LogP contribution in [0.3, 0.4) is 0 Å². The Morgan fingerprint density at radius 1 is 1.15 bits per heavy atom. The number of carbonyl (C=O) groups is 1. The molecule has 1 atom stereocenters. The highest BCUT2D eigenvalue weighted by atomic mass is 32.2. The Bertz CT molecular complexity index is 895. The summed E-state index contributed by atoms with van der Waals surface area (Å²) in [5, 5.41) is 4.88. The van der Waals surface area contributed by atoms with Crippen LogP contribution in [0.15, 0.2) is 47.4 Å². The number of amides is 1. The molecule has 0 radical (unpaired) electrons. The van der Waals surface area contributed by atoms with Crippen LogP contribution >= 0.6 is 0 Å². The number of rotatable bonds is 7. The standard InChI is InChI=1S/C21H28N2O3S/c1-2-3-6-13-22-21(24)19-10-7-14-23(16-19)27(25,26)20-12-11-17-8-4-5-9-18(17)15-20/h4-5,8-9,11-12,15,19H,2-3,6-7,10,13-14,16H2,1H3,(H,22,24)/t19-/m0/s1. The first-order valence-electron chi connectivity index (χ1n) is 9.79. The van der Waals surface area contributed by atoms with Crippen molar-refractivity contribution in [3.8, 4) is 0 Å². The van der Waals surface area contributed by atoms with Gasteiger partial charge >= 0.3 is 0 Å². The van der Waals surface area contributed by atoms with Crippen molar-refractivity contribution in [3.05, 3.63) is 42.5 Å². The normalized spacial score (nSPS) is 18.5. The van der Waals surface area contributed by atoms with Gasteiger partial charge in [0.05, 0.1) is 10.8 Å². The van der Waals surface area contributed by atoms with Crippen molar-refractivity contribution in [1.82, 2.24) is 9.62 Å². The molecule has 0 saturated carbocycles. The van der Waals surface area contributed by atoms with E-state index in [0.29, 0.717) is 24.4 Å². The lowest BCUT2D eigenvalue weighted by atomic mass is 9.99. The fourth-order valence-corrected chi connectivity index (χ4v) is 5.14. The molecule has 1 aliphatic rings. The number of hydrogen-bond donors (Lipinski definition) is 1. The molecule has 1 N–H and O–H groups in total. The van der Waals surface area contributed by atoms with E-state index in [1.54, 1.807) is 12.1 Å². The van der Waals surface area contributed by atoms with E-state index in [-0.39, 0.29) is 18.4 Å². The zero-order valence-electron chi connectivity index (χ0n) is 15.9. The Morgan fingerprint density at radius 2 is 1.93 bits per heavy atom. The van der Waals surface area contributed by atoms with Gasteiger partial charge in [-0.25, -0.2) is 8.42 Å². The Hall–Kier alpha value is -1.92. The predicted octanol–water partition coefficient (Wildman–Crippen LogP) is 3.55. The highest BCUT2D eigenvalue weighted by molar-refractivity contribution is 7.89. The summed E-state index contributed by atoms with van der Waals surface area (Å²) in [5.41, 5.74) is 0. The molecule has 3 rings (SSSR count). The Kier molecular flexibility index (Phi) is 6.50. The van der Waals surface area contributed by atoms with Crippen molar-refractivity contribution < 1.29 is 13.2 Å². The minimum absolute atomic E-state index is 0.0236. The molecule has 27 heavy (non-hydrogen) atoms. The Labute approximate surface area is 161 Å². The van der Waals surface area contributed by atoms with Gasteiger partial charge in [-0.05, 0) is 42.2 Å². The average molecular weight is 389 g/mol. The number of piperidine rings is 1. The lowest BCUT2D eigenvalue weighted by molar-refractivity contribution is -0.126. The molecule has 0 aliphatic carbocycles. The summed E-state index contributed by atoms with van der Waals surface area (Å²) < 4.78 is 27.7. The summed E-state index contributed by atoms with van der Waals surface area (Å²) in [6, 6.07) is 12.9. The average Bonchev–Trinajstić information content (AvgIpc) is 2.70. The number of nitrogens with zero attached hydrogens (tertiary/aromatic N) is 1. The fraction of sp³-hybridized carbons (Fsp3) is 0.476. The van der Waals surface area contributed by atoms with Crippen molar-refractivity contribution in [3.63, 3.8) is 0 Å². The van der Waals surface area contributed by atoms with Crippen LogP contribution in [0.4, 0.5) is 0 Å². The number of fused-ring (bicyclic) bond motifs is 1. The smallest absolute Gasteiger partial charge is 0.243 e. The van der Waals surface area contributed by atoms with E-state index in [1.165, 1.54) is 4.31 Å². The van der Waals surface area contributed by atoms with Crippen LogP contribution in [-0.4, -0.2) is 38.3 Å². The highest BCUT2D eigenvalue weighted by Crippen LogP contribution is 2.26. The van der Waals surface area contributed by atoms with Gasteiger partial charge in [0.25, 0.3) is 0 Å². The summed E-state index contributed by atoms with van der Waals surface area (Å²) in [5.74, 6) is -0.292. The Balaban J connectivity index is 1.71. The molecule has 1 aliphatic heterocycles. The molecule has 5 nitrogen and oxygen atoms in total. The highest BCUT2D eigenvalue weighted by Gasteiger charge is 2.33. The van der Waals surface area contributed by atoms with Gasteiger partial charge in [-0.2, -0.15) is 4.31 Å². The van der Waals surface area contributed by atoms with Crippen LogP contribution in [0.25, 0.3) is 10.8 Å². The van der Waals surface area contributed by atoms with E-state index >= 15 is 0 Å². The number of hydrogen-bond acceptors (Lipinski definition) is 3. The number of nitrogens with one attached hydrogen (secondary N) is 1. The van der Waals surface area contributed by atoms with Gasteiger partial charge in [-0.3, -0.25) is 4.79 Å². The van der Waals surface area contributed by atoms with Crippen LogP contribution < -0.4 is 5.32 Å². The van der Waals surface area contributed by atoms with E-state index in [0.717, 1.165) is 36.5 Å². The minimum atomic E-state index is -3.60. The monoisotopic (exact) mass is 388 g/mol. The van der Waals surface area contributed by atoms with E-state index in [4.69, 9.17) is 0 Å². The molecule has 0 bridgehead atoms. The molecule has 6 heteroatoms. The van der Waals surface area contributed by atoms with Crippen molar-refractivity contribution in [2.24, 2.45) is 5.92 Å². The first-order chi connectivity index (χ1) is 13.0. The third-order valence-corrected chi connectivity index (χ3v) is 7.05. The van der Waals surface area contributed by atoms with Crippen LogP contribution in [0, 0.1) is 5.92 Å². The maximum atomic E-state index is 13.1. The van der Waals surface area contributed by atoms with Gasteiger partial charge in [0, 0.05) is 19.6 Å². The van der Waals surface area contributed by atoms with E-state index in [2.05, 4.69) is 12.2 Å². The summed E-state index contributed by atoms with van der Waals surface area (Å²) in [6.45, 7) is 3.52. The molecule has 1 amide bonds. The summed E-state index contributed by atoms with van der Waals surface area (Å²) in [7, 11) is -3.60. The zero-order chi connectivity index (χ0) is 19.3. The minimum Gasteiger partial charge on any atom is -0.356 e. The second-order valence-electron chi connectivity index (χ2n) is 7.21. The van der Waals surface area contributed by atoms with Crippen molar-refractivity contribution in [1.29, 1.82) is 0 Å². The van der Waals surface area contributed by atoms with Crippen LogP contribution in [0.1, 0.15) is 39.0 Å². The molecule has 1 saturated heterocycles. The van der Waals surface area contributed by atoms with Crippen LogP contribution in [-0.2, 0) is 14.8 Å². The number of sulfonamides is 1. The maximum absolute atomic E-state index is 13.1. The van der Waals surface area contributed by atoms with E-state index in [9.17, 15) is 13.2 Å². The summed E-state index contributed by atoms with van der Waals surface area (Å²) >= 11 is 0. The second kappa shape index (κ2) is 8.85. The second-order valence-corrected chi connectivity index (χ2v) is 9.15. The Morgan fingerprint density at radius 3 is 2.70 bits per heavy atom. The first-order valence-corrected chi connectivity index (χ1v) is 11.2. The molecular formula is C21H28N2O3S. The van der Waals surface area contributed by atoms with Gasteiger partial charge in [-0.1, -0.05) is 50.1 Å². The van der Waals surface area contributed by atoms with Gasteiger partial charge in [-0.15, -0.1) is 0 Å². The molecule has 0 spiro atoms. The van der Waals surface area contributed by atoms with E-state index in [1.807, 2.05) is 30.3 Å². The summed E-state index contributed by atoms with van der Waals surface area (Å²) in [6.07, 6.45) is 4.61. The zero-order valence-corrected chi connectivity index (χ0v) is 16.7. The third-order valence-electron chi connectivity index (χ3n) is 5.19. The molecule has 0 aromatic heterocycles. The van der Waals surface area contributed by atoms with Crippen LogP contribution in [0.5, 0.6) is 0 Å². The summed E-state index contributed by atoms with van der Waals surface area (Å²) in [4.78, 5) is 12.7. The third kappa shape index (κ3) is 4.68. The number of unbranched alkanes of at least 4 members (excludes halogenated alkanes) is 2. The van der Waals surface area contributed by atoms with E-state index < -0.39 is 10.0 Å². The van der Waals surface area contributed by atoms with Gasteiger partial charge in [0.1, 0.15) is 0 Å². The molecular weight excluding hydrogens is 360 g/mol. The molecule has 1 heterocycles. The largest absolute Gasteiger partial charge is 0.356 e. The predicted molar refractivity (Wildman–Crippen MR) is 108 cm³/mol. The molecule has 0 unspecified atom stereocenters. The van der Waals surface area contributed by atoms with Crippen molar-refractivity contribution >= 4 is 26.7 Å². The molecule has 1 fully saturated rings. The number of benzene rings is 2. The van der Waals surface area contributed by atoms with Gasteiger partial charge in [0.2, 0.25) is 15.9 Å². The number of carbonyl (C=O) groups excluding carboxylic acids is 1. The SMILES string of the molecule is CCCCCNC(=O)[C@H]1CCCN(S(=O)(=O)c2ccc3ccccc3c2)C1. The fourth-order valence-electron chi connectivity index (χ4n) is 3.58. The molecule has 2 aromatic carbocycles. The van der Waals surface area contributed by atoms with Gasteiger partial charge < -0.3 is 5.32 Å². The van der Waals surface area contributed by atoms with Crippen molar-refractivity contribution in [2.45, 2.75) is 43.9 Å². The molecule has 2 aromatic rings. The lowest BCUT2D eigenvalue weighted by Gasteiger charge is -2.31. The maximum Gasteiger partial charge on any atom is 0.243 e. The van der Waals surface area contributed by atoms with Crippen LogP contribution in [0.2, 0.25) is 0 Å². The lowest BCUT2D eigenvalue weighted by Crippen LogP contribution is -2.45. The van der Waals surface area contributed by atoms with Gasteiger partial charge in [0.15, 0.2) is 0 Å². The molecule has 146 valence electrons. The topological polar surface area (TPSA) is 66.5 Å². The quantitative estimate of drug-likeness (QED) is 0.738. The first kappa shape index (κ1) is 19.8. The van der Waals surface area contributed by atoms with Crippen molar-refractivity contribution in [2.75, 3.05) is 19.6 Å².